The first kappa shape index (κ1) is 10.3. The second-order valence-electron chi connectivity index (χ2n) is 2.74. The van der Waals surface area contributed by atoms with E-state index in [1.165, 1.54) is 25.3 Å². The predicted octanol–water partition coefficient (Wildman–Crippen LogP) is 0.485. The third-order valence-corrected chi connectivity index (χ3v) is 1.84. The molecule has 5 nitrogen and oxygen atoms in total. The van der Waals surface area contributed by atoms with Gasteiger partial charge in [0.05, 0.1) is 7.11 Å². The average Bonchev–Trinajstić information content (AvgIpc) is 2.16. The maximum absolute atomic E-state index is 10.5. The topological polar surface area (TPSA) is 92.8 Å². The number of nitrogens with two attached hydrogens (primary N) is 1. The molecule has 0 saturated carbocycles. The molecule has 0 aliphatic rings. The maximum Gasteiger partial charge on any atom is 0.325 e. The number of carboxylic acids is 1. The normalized spacial score (nSPS) is 12.1. The monoisotopic (exact) mass is 197 g/mol. The van der Waals surface area contributed by atoms with Crippen LogP contribution in [0.15, 0.2) is 18.2 Å². The Labute approximate surface area is 80.7 Å². The zero-order chi connectivity index (χ0) is 10.7. The zero-order valence-corrected chi connectivity index (χ0v) is 7.60. The molecular formula is C9H11NO4. The van der Waals surface area contributed by atoms with Crippen molar-refractivity contribution >= 4 is 5.97 Å². The number of ether oxygens (including phenoxy) is 1. The van der Waals surface area contributed by atoms with Crippen molar-refractivity contribution in [1.29, 1.82) is 0 Å². The van der Waals surface area contributed by atoms with E-state index in [2.05, 4.69) is 0 Å². The minimum Gasteiger partial charge on any atom is -0.507 e. The van der Waals surface area contributed by atoms with Crippen molar-refractivity contribution in [2.75, 3.05) is 7.11 Å². The molecule has 4 N–H and O–H groups in total. The number of aliphatic carboxylic acids is 1. The number of aromatic hydroxyl groups is 1. The summed E-state index contributed by atoms with van der Waals surface area (Å²) in [6.07, 6.45) is 0. The minimum absolute atomic E-state index is 0.165. The Hall–Kier alpha value is -1.75. The Morgan fingerprint density at radius 2 is 2.21 bits per heavy atom. The molecule has 1 aromatic rings. The number of hydrogen-bond acceptors (Lipinski definition) is 4. The van der Waals surface area contributed by atoms with E-state index in [-0.39, 0.29) is 11.3 Å². The third-order valence-electron chi connectivity index (χ3n) is 1.84. The van der Waals surface area contributed by atoms with Gasteiger partial charge in [-0.2, -0.15) is 0 Å². The van der Waals surface area contributed by atoms with Crippen LogP contribution in [0.3, 0.4) is 0 Å². The van der Waals surface area contributed by atoms with Crippen molar-refractivity contribution in [3.8, 4) is 11.5 Å². The van der Waals surface area contributed by atoms with E-state index in [1.807, 2.05) is 0 Å². The lowest BCUT2D eigenvalue weighted by atomic mass is 10.1. The molecule has 0 saturated heterocycles. The molecule has 1 unspecified atom stereocenters. The average molecular weight is 197 g/mol. The van der Waals surface area contributed by atoms with Crippen LogP contribution in [0.1, 0.15) is 11.6 Å². The predicted molar refractivity (Wildman–Crippen MR) is 49.2 cm³/mol. The molecule has 0 aromatic heterocycles. The number of benzene rings is 1. The highest BCUT2D eigenvalue weighted by Crippen LogP contribution is 2.27. The molecule has 76 valence electrons. The Morgan fingerprint density at radius 3 is 2.64 bits per heavy atom. The number of carboxylic acid groups (broad SMARTS) is 1. The van der Waals surface area contributed by atoms with Crippen LogP contribution in [0.25, 0.3) is 0 Å². The van der Waals surface area contributed by atoms with Gasteiger partial charge in [0.25, 0.3) is 0 Å². The van der Waals surface area contributed by atoms with Crippen molar-refractivity contribution in [3.63, 3.8) is 0 Å². The molecule has 0 aliphatic heterocycles. The van der Waals surface area contributed by atoms with E-state index < -0.39 is 12.0 Å². The third kappa shape index (κ3) is 1.94. The summed E-state index contributed by atoms with van der Waals surface area (Å²) >= 11 is 0. The van der Waals surface area contributed by atoms with Gasteiger partial charge in [-0.05, 0) is 12.1 Å². The van der Waals surface area contributed by atoms with Crippen molar-refractivity contribution in [3.05, 3.63) is 23.8 Å². The van der Waals surface area contributed by atoms with E-state index in [1.54, 1.807) is 0 Å². The lowest BCUT2D eigenvalue weighted by molar-refractivity contribution is -0.138. The largest absolute Gasteiger partial charge is 0.507 e. The fraction of sp³-hybridized carbons (Fsp3) is 0.222. The second kappa shape index (κ2) is 3.97. The van der Waals surface area contributed by atoms with Gasteiger partial charge >= 0.3 is 5.97 Å². The highest BCUT2D eigenvalue weighted by atomic mass is 16.5. The van der Waals surface area contributed by atoms with Crippen molar-refractivity contribution in [1.82, 2.24) is 0 Å². The summed E-state index contributed by atoms with van der Waals surface area (Å²) in [4.78, 5) is 10.5. The first-order valence-electron chi connectivity index (χ1n) is 3.91. The van der Waals surface area contributed by atoms with Gasteiger partial charge in [0, 0.05) is 11.6 Å². The Bertz CT molecular complexity index is 351. The van der Waals surface area contributed by atoms with Gasteiger partial charge in [0.15, 0.2) is 0 Å². The fourth-order valence-corrected chi connectivity index (χ4v) is 1.05. The highest BCUT2D eigenvalue weighted by molar-refractivity contribution is 5.76. The van der Waals surface area contributed by atoms with Crippen LogP contribution in [-0.2, 0) is 4.79 Å². The fourth-order valence-electron chi connectivity index (χ4n) is 1.05. The van der Waals surface area contributed by atoms with Gasteiger partial charge in [-0.25, -0.2) is 0 Å². The molecule has 0 bridgehead atoms. The lowest BCUT2D eigenvalue weighted by Crippen LogP contribution is -2.20. The molecule has 14 heavy (non-hydrogen) atoms. The number of phenolic OH excluding ortho intramolecular Hbond substituents is 1. The maximum atomic E-state index is 10.5. The van der Waals surface area contributed by atoms with Gasteiger partial charge < -0.3 is 20.7 Å². The van der Waals surface area contributed by atoms with Crippen LogP contribution in [0.4, 0.5) is 0 Å². The minimum atomic E-state index is -1.22. The quantitative estimate of drug-likeness (QED) is 0.655. The van der Waals surface area contributed by atoms with Gasteiger partial charge in [-0.3, -0.25) is 4.79 Å². The molecule has 0 fully saturated rings. The summed E-state index contributed by atoms with van der Waals surface area (Å²) in [5.74, 6) is -0.923. The number of hydrogen-bond donors (Lipinski definition) is 3. The molecule has 1 atom stereocenters. The van der Waals surface area contributed by atoms with E-state index >= 15 is 0 Å². The van der Waals surface area contributed by atoms with Crippen LogP contribution >= 0.6 is 0 Å². The molecule has 5 heteroatoms. The summed E-state index contributed by atoms with van der Waals surface area (Å²) in [6, 6.07) is 3.06. The number of rotatable bonds is 3. The summed E-state index contributed by atoms with van der Waals surface area (Å²) in [5.41, 5.74) is 5.49. The van der Waals surface area contributed by atoms with Gasteiger partial charge in [0.1, 0.15) is 17.5 Å². The molecule has 0 heterocycles. The van der Waals surface area contributed by atoms with Crippen LogP contribution in [0.2, 0.25) is 0 Å². The molecule has 0 aliphatic carbocycles. The van der Waals surface area contributed by atoms with E-state index in [0.29, 0.717) is 5.75 Å². The summed E-state index contributed by atoms with van der Waals surface area (Å²) in [5, 5.41) is 18.0. The first-order valence-corrected chi connectivity index (χ1v) is 3.91. The van der Waals surface area contributed by atoms with Crippen LogP contribution < -0.4 is 10.5 Å². The standard InChI is InChI=1S/C9H11NO4/c1-14-5-2-3-6(7(11)4-5)8(10)9(12)13/h2-4,8,11H,10H2,1H3,(H,12,13). The molecule has 0 spiro atoms. The van der Waals surface area contributed by atoms with Crippen LogP contribution in [0, 0.1) is 0 Å². The van der Waals surface area contributed by atoms with Crippen LogP contribution in [0.5, 0.6) is 11.5 Å². The highest BCUT2D eigenvalue weighted by Gasteiger charge is 2.18. The summed E-state index contributed by atoms with van der Waals surface area (Å²) in [7, 11) is 1.45. The van der Waals surface area contributed by atoms with Gasteiger partial charge in [0.2, 0.25) is 0 Å². The number of phenols is 1. The lowest BCUT2D eigenvalue weighted by Gasteiger charge is -2.09. The van der Waals surface area contributed by atoms with Crippen molar-refractivity contribution in [2.45, 2.75) is 6.04 Å². The Morgan fingerprint density at radius 1 is 1.57 bits per heavy atom. The molecule has 1 aromatic carbocycles. The zero-order valence-electron chi connectivity index (χ0n) is 7.60. The number of methoxy groups -OCH3 is 1. The van der Waals surface area contributed by atoms with E-state index in [9.17, 15) is 9.90 Å². The molecule has 1 rings (SSSR count). The Kier molecular flexibility index (Phi) is 2.93. The smallest absolute Gasteiger partial charge is 0.325 e. The van der Waals surface area contributed by atoms with Gasteiger partial charge in [-0.1, -0.05) is 0 Å². The SMILES string of the molecule is COc1ccc(C(N)C(=O)O)c(O)c1. The van der Waals surface area contributed by atoms with Gasteiger partial charge in [-0.15, -0.1) is 0 Å². The first-order chi connectivity index (χ1) is 6.56. The summed E-state index contributed by atoms with van der Waals surface area (Å²) < 4.78 is 4.84. The van der Waals surface area contributed by atoms with Crippen molar-refractivity contribution in [2.24, 2.45) is 5.73 Å². The summed E-state index contributed by atoms with van der Waals surface area (Å²) in [6.45, 7) is 0. The van der Waals surface area contributed by atoms with E-state index in [0.717, 1.165) is 0 Å². The second-order valence-corrected chi connectivity index (χ2v) is 2.74. The van der Waals surface area contributed by atoms with E-state index in [4.69, 9.17) is 15.6 Å². The number of carbonyl (C=O) groups is 1. The molecule has 0 amide bonds. The molecular weight excluding hydrogens is 186 g/mol. The Balaban J connectivity index is 3.05. The van der Waals surface area contributed by atoms with Crippen LogP contribution in [-0.4, -0.2) is 23.3 Å². The molecule has 0 radical (unpaired) electrons. The van der Waals surface area contributed by atoms with Crippen molar-refractivity contribution < 1.29 is 19.7 Å².